The third-order valence-electron chi connectivity index (χ3n) is 10.5. The minimum atomic E-state index is 0.938. The molecule has 274 valence electrons. The summed E-state index contributed by atoms with van der Waals surface area (Å²) in [6.45, 7) is 9.11. The molecule has 2 nitrogen and oxygen atoms in total. The Morgan fingerprint density at radius 2 is 0.960 bits per heavy atom. The van der Waals surface area contributed by atoms with E-state index < -0.39 is 0 Å². The van der Waals surface area contributed by atoms with Crippen LogP contribution in [-0.2, 0) is 12.8 Å². The Morgan fingerprint density at radius 1 is 0.460 bits per heavy atom. The first-order chi connectivity index (χ1) is 24.7. The van der Waals surface area contributed by atoms with E-state index in [0.29, 0.717) is 0 Å². The van der Waals surface area contributed by atoms with Crippen molar-refractivity contribution in [3.63, 3.8) is 0 Å². The first kappa shape index (κ1) is 41.5. The van der Waals surface area contributed by atoms with Gasteiger partial charge in [0.1, 0.15) is 0 Å². The summed E-state index contributed by atoms with van der Waals surface area (Å²) in [5.74, 6) is 6.94. The normalized spacial score (nSPS) is 13.0. The summed E-state index contributed by atoms with van der Waals surface area (Å²) in [6.07, 6.45) is 31.8. The molecule has 3 rings (SSSR count). The smallest absolute Gasteiger partial charge is 0.211 e. The van der Waals surface area contributed by atoms with Crippen molar-refractivity contribution in [3.8, 4) is 11.8 Å². The van der Waals surface area contributed by atoms with E-state index >= 15 is 0 Å². The van der Waals surface area contributed by atoms with Gasteiger partial charge in [-0.1, -0.05) is 154 Å². The predicted molar refractivity (Wildman–Crippen MR) is 219 cm³/mol. The Labute approximate surface area is 309 Å². The molecule has 0 saturated carbocycles. The number of aryl methyl sites for hydroxylation is 2. The van der Waals surface area contributed by atoms with Crippen LogP contribution in [0.5, 0.6) is 0 Å². The quantitative estimate of drug-likeness (QED) is 0.0511. The summed E-state index contributed by atoms with van der Waals surface area (Å²) in [5.41, 5.74) is 22.0. The second-order valence-electron chi connectivity index (χ2n) is 14.8. The number of benzene rings is 2. The second kappa shape index (κ2) is 25.9. The molecule has 50 heavy (non-hydrogen) atoms. The highest BCUT2D eigenvalue weighted by atomic mass is 15.2. The molecule has 0 atom stereocenters. The molecule has 0 N–H and O–H groups in total. The third kappa shape index (κ3) is 14.4. The van der Waals surface area contributed by atoms with Crippen LogP contribution in [0.1, 0.15) is 204 Å². The van der Waals surface area contributed by atoms with Crippen LogP contribution in [0.3, 0.4) is 0 Å². The van der Waals surface area contributed by atoms with Gasteiger partial charge in [-0.2, -0.15) is 0 Å². The van der Waals surface area contributed by atoms with Gasteiger partial charge >= 0.3 is 0 Å². The zero-order valence-electron chi connectivity index (χ0n) is 32.9. The fourth-order valence-corrected chi connectivity index (χ4v) is 7.45. The molecule has 0 fully saturated rings. The van der Waals surface area contributed by atoms with Gasteiger partial charge in [-0.3, -0.25) is 0 Å². The first-order valence-corrected chi connectivity index (χ1v) is 21.2. The van der Waals surface area contributed by atoms with Gasteiger partial charge in [0, 0.05) is 35.1 Å². The molecule has 2 heteroatoms. The van der Waals surface area contributed by atoms with Crippen LogP contribution < -0.4 is 0 Å². The van der Waals surface area contributed by atoms with E-state index in [-0.39, 0.29) is 0 Å². The highest BCUT2D eigenvalue weighted by Crippen LogP contribution is 2.45. The Bertz CT molecular complexity index is 1360. The lowest BCUT2D eigenvalue weighted by Gasteiger charge is -2.13. The largest absolute Gasteiger partial charge is 0.493 e. The van der Waals surface area contributed by atoms with Gasteiger partial charge < -0.3 is 5.53 Å². The summed E-state index contributed by atoms with van der Waals surface area (Å²) in [7, 11) is 0. The number of hydrogen-bond acceptors (Lipinski definition) is 0. The van der Waals surface area contributed by atoms with Gasteiger partial charge in [0.15, 0.2) is 0 Å². The lowest BCUT2D eigenvalue weighted by molar-refractivity contribution is -0.345. The minimum absolute atomic E-state index is 0.938. The van der Waals surface area contributed by atoms with Crippen LogP contribution in [0.4, 0.5) is 0 Å². The molecule has 1 aliphatic rings. The number of unbranched alkanes of at least 4 members (excludes halogenated alkanes) is 17. The zero-order valence-corrected chi connectivity index (χ0v) is 32.9. The maximum absolute atomic E-state index is 12.2. The van der Waals surface area contributed by atoms with Crippen molar-refractivity contribution in [2.24, 2.45) is 0 Å². The van der Waals surface area contributed by atoms with Crippen molar-refractivity contribution in [2.75, 3.05) is 0 Å². The topological polar surface area (TPSA) is 25.3 Å². The Balaban J connectivity index is 1.73. The van der Waals surface area contributed by atoms with Crippen molar-refractivity contribution in [1.29, 1.82) is 0 Å². The molecule has 1 heterocycles. The van der Waals surface area contributed by atoms with E-state index in [1.807, 2.05) is 0 Å². The van der Waals surface area contributed by atoms with Gasteiger partial charge in [-0.05, 0) is 87.1 Å². The maximum atomic E-state index is 12.2. The van der Waals surface area contributed by atoms with Crippen molar-refractivity contribution in [3.05, 3.63) is 87.5 Å². The lowest BCUT2D eigenvalue weighted by Crippen LogP contribution is -2.05. The number of nitrogens with zero attached hydrogens (tertiary/aromatic N) is 2. The van der Waals surface area contributed by atoms with Crippen LogP contribution in [0.15, 0.2) is 59.7 Å². The molecule has 0 saturated heterocycles. The summed E-state index contributed by atoms with van der Waals surface area (Å²) in [5, 5.41) is 0. The highest BCUT2D eigenvalue weighted by molar-refractivity contribution is 5.82. The van der Waals surface area contributed by atoms with Crippen LogP contribution in [0.25, 0.3) is 16.9 Å². The van der Waals surface area contributed by atoms with Crippen LogP contribution in [-0.4, -0.2) is 4.70 Å². The molecular weight excluding hydrogens is 605 g/mol. The first-order valence-electron chi connectivity index (χ1n) is 21.2. The fourth-order valence-electron chi connectivity index (χ4n) is 7.45. The predicted octanol–water partition coefficient (Wildman–Crippen LogP) is 15.4. The summed E-state index contributed by atoms with van der Waals surface area (Å²) >= 11 is 0. The molecule has 0 aromatic heterocycles. The Morgan fingerprint density at radius 3 is 1.60 bits per heavy atom. The van der Waals surface area contributed by atoms with E-state index in [0.717, 1.165) is 74.7 Å². The van der Waals surface area contributed by atoms with Crippen LogP contribution >= 0.6 is 0 Å². The number of hydrogen-bond donors (Lipinski definition) is 0. The van der Waals surface area contributed by atoms with E-state index in [1.165, 1.54) is 137 Å². The third-order valence-corrected chi connectivity index (χ3v) is 10.5. The lowest BCUT2D eigenvalue weighted by atomic mass is 9.90. The Hall–Kier alpha value is -2.92. The van der Waals surface area contributed by atoms with E-state index in [4.69, 9.17) is 0 Å². The minimum Gasteiger partial charge on any atom is -0.493 e. The highest BCUT2D eigenvalue weighted by Gasteiger charge is 2.35. The van der Waals surface area contributed by atoms with E-state index in [1.54, 1.807) is 4.70 Å². The number of allylic oxidation sites excluding steroid dienone is 2. The molecule has 0 amide bonds. The fraction of sp³-hybridized carbons (Fsp3) is 0.625. The molecule has 0 aliphatic carbocycles. The van der Waals surface area contributed by atoms with Crippen molar-refractivity contribution in [1.82, 2.24) is 0 Å². The van der Waals surface area contributed by atoms with Gasteiger partial charge in [-0.15, -0.1) is 11.8 Å². The molecule has 0 unspecified atom stereocenters. The van der Waals surface area contributed by atoms with Crippen LogP contribution in [0.2, 0.25) is 0 Å². The SMILES string of the molecule is CCCCCCCCCCCC#CCCCc1ccccc1C1=C(CCCC)C(CCCCCCCC)=C(c2ccc(CCCC)cc2)[N+]1=[N-]. The molecule has 1 aliphatic heterocycles. The molecule has 0 radical (unpaired) electrons. The molecule has 0 bridgehead atoms. The van der Waals surface area contributed by atoms with E-state index in [2.05, 4.69) is 88.1 Å². The Kier molecular flexibility index (Phi) is 21.5. The monoisotopic (exact) mass is 677 g/mol. The number of rotatable bonds is 27. The maximum Gasteiger partial charge on any atom is 0.211 e. The average molecular weight is 677 g/mol. The van der Waals surface area contributed by atoms with Gasteiger partial charge in [0.2, 0.25) is 11.4 Å². The standard InChI is InChI=1S/C48H72N2/c1-5-9-13-15-17-18-19-20-21-22-23-24-25-27-32-42-33-29-30-35-44(42)48-46(34-12-8-4)45(36-28-26-16-14-10-6-2)47(50(48)49)43-39-37-41(38-40-43)31-11-7-3/h29-30,33,35,37-40H,5-22,25-28,31-32,34,36H2,1-4H3. The van der Waals surface area contributed by atoms with Crippen LogP contribution in [0, 0.1) is 11.8 Å². The molecule has 2 aromatic rings. The summed E-state index contributed by atoms with van der Waals surface area (Å²) in [4.78, 5) is 0. The van der Waals surface area contributed by atoms with Gasteiger partial charge in [0.05, 0.1) is 0 Å². The second-order valence-corrected chi connectivity index (χ2v) is 14.8. The van der Waals surface area contributed by atoms with Gasteiger partial charge in [0.25, 0.3) is 0 Å². The van der Waals surface area contributed by atoms with E-state index in [9.17, 15) is 5.53 Å². The van der Waals surface area contributed by atoms with Crippen molar-refractivity contribution < 1.29 is 4.70 Å². The molecular formula is C48H72N2. The average Bonchev–Trinajstić information content (AvgIpc) is 3.41. The van der Waals surface area contributed by atoms with Gasteiger partial charge in [-0.25, -0.2) is 4.70 Å². The van der Waals surface area contributed by atoms with Crippen molar-refractivity contribution >= 4 is 11.4 Å². The summed E-state index contributed by atoms with van der Waals surface area (Å²) < 4.78 is 1.59. The molecule has 0 spiro atoms. The van der Waals surface area contributed by atoms with Crippen molar-refractivity contribution in [2.45, 2.75) is 195 Å². The molecule has 2 aromatic carbocycles. The summed E-state index contributed by atoms with van der Waals surface area (Å²) in [6, 6.07) is 17.9. The zero-order chi connectivity index (χ0) is 35.7.